The first kappa shape index (κ1) is 18.6. The number of aromatic amines is 1. The van der Waals surface area contributed by atoms with E-state index >= 15 is 0 Å². The summed E-state index contributed by atoms with van der Waals surface area (Å²) in [6.07, 6.45) is 1.95. The van der Waals surface area contributed by atoms with Gasteiger partial charge in [-0.15, -0.1) is 0 Å². The van der Waals surface area contributed by atoms with E-state index in [4.69, 9.17) is 4.74 Å². The van der Waals surface area contributed by atoms with Crippen LogP contribution >= 0.6 is 0 Å². The predicted molar refractivity (Wildman–Crippen MR) is 100 cm³/mol. The molecule has 1 saturated carbocycles. The number of carbonyl (C=O) groups excluding carboxylic acids is 1. The molecule has 2 aromatic carbocycles. The van der Waals surface area contributed by atoms with Gasteiger partial charge < -0.3 is 9.72 Å². The van der Waals surface area contributed by atoms with Gasteiger partial charge in [0.15, 0.2) is 0 Å². The molecule has 1 heterocycles. The van der Waals surface area contributed by atoms with Crippen LogP contribution in [0.15, 0.2) is 36.4 Å². The van der Waals surface area contributed by atoms with E-state index in [2.05, 4.69) is 4.98 Å². The molecule has 0 spiro atoms. The van der Waals surface area contributed by atoms with Crippen molar-refractivity contribution in [3.8, 4) is 11.3 Å². The Morgan fingerprint density at radius 3 is 2.50 bits per heavy atom. The van der Waals surface area contributed by atoms with E-state index in [1.807, 2.05) is 0 Å². The van der Waals surface area contributed by atoms with Gasteiger partial charge in [0, 0.05) is 17.1 Å². The van der Waals surface area contributed by atoms with Crippen LogP contribution in [-0.4, -0.2) is 17.6 Å². The van der Waals surface area contributed by atoms with Crippen molar-refractivity contribution >= 4 is 16.9 Å². The summed E-state index contributed by atoms with van der Waals surface area (Å²) in [6, 6.07) is 8.05. The van der Waals surface area contributed by atoms with Gasteiger partial charge in [-0.25, -0.2) is 13.2 Å². The number of fused-ring (bicyclic) bond motifs is 1. The van der Waals surface area contributed by atoms with Gasteiger partial charge in [0.1, 0.15) is 17.5 Å². The Balaban J connectivity index is 1.69. The molecule has 146 valence electrons. The van der Waals surface area contributed by atoms with Crippen molar-refractivity contribution in [2.24, 2.45) is 11.8 Å². The molecule has 1 fully saturated rings. The predicted octanol–water partition coefficient (Wildman–Crippen LogP) is 5.38. The van der Waals surface area contributed by atoms with Gasteiger partial charge in [-0.3, -0.25) is 4.79 Å². The fourth-order valence-electron chi connectivity index (χ4n) is 3.99. The van der Waals surface area contributed by atoms with Crippen LogP contribution in [0.3, 0.4) is 0 Å². The Hall–Kier alpha value is -2.76. The average molecular weight is 387 g/mol. The second-order valence-electron chi connectivity index (χ2n) is 7.29. The monoisotopic (exact) mass is 387 g/mol. The molecule has 1 aliphatic rings. The number of H-pyrrole nitrogens is 1. The number of hydrogen-bond donors (Lipinski definition) is 1. The molecule has 0 aliphatic heterocycles. The lowest BCUT2D eigenvalue weighted by Crippen LogP contribution is -2.33. The van der Waals surface area contributed by atoms with Gasteiger partial charge in [-0.05, 0) is 73.6 Å². The lowest BCUT2D eigenvalue weighted by Gasteiger charge is -2.33. The van der Waals surface area contributed by atoms with Gasteiger partial charge in [0.2, 0.25) is 0 Å². The third-order valence-corrected chi connectivity index (χ3v) is 5.41. The molecule has 0 radical (unpaired) electrons. The van der Waals surface area contributed by atoms with E-state index in [0.29, 0.717) is 42.5 Å². The van der Waals surface area contributed by atoms with Gasteiger partial charge in [-0.1, -0.05) is 0 Å². The first-order valence-corrected chi connectivity index (χ1v) is 9.38. The maximum Gasteiger partial charge on any atom is 0.308 e. The van der Waals surface area contributed by atoms with E-state index in [-0.39, 0.29) is 29.1 Å². The van der Waals surface area contributed by atoms with Crippen LogP contribution in [0.1, 0.15) is 25.3 Å². The number of aromatic nitrogens is 1. The molecule has 3 nitrogen and oxygen atoms in total. The Labute approximate surface area is 160 Å². The summed E-state index contributed by atoms with van der Waals surface area (Å²) in [5.41, 5.74) is 2.37. The van der Waals surface area contributed by atoms with E-state index < -0.39 is 11.6 Å². The van der Waals surface area contributed by atoms with Crippen molar-refractivity contribution in [3.63, 3.8) is 0 Å². The second kappa shape index (κ2) is 7.34. The first-order chi connectivity index (χ1) is 13.5. The third kappa shape index (κ3) is 3.39. The maximum atomic E-state index is 14.3. The number of esters is 1. The highest BCUT2D eigenvalue weighted by molar-refractivity contribution is 5.91. The van der Waals surface area contributed by atoms with Gasteiger partial charge in [-0.2, -0.15) is 0 Å². The standard InChI is InChI=1S/C22H20F3NO2/c1-2-28-22(27)14-7-12(8-14)9-17-18-10-16(24)11-19(25)21(18)26-20(17)13-3-5-15(23)6-4-13/h3-6,10-12,14,26H,2,7-9H2,1H3. The zero-order valence-corrected chi connectivity index (χ0v) is 15.4. The molecule has 0 unspecified atom stereocenters. The fraction of sp³-hybridized carbons (Fsp3) is 0.318. The molecular weight excluding hydrogens is 367 g/mol. The molecule has 1 aromatic heterocycles. The van der Waals surface area contributed by atoms with Crippen LogP contribution in [0.4, 0.5) is 13.2 Å². The Kier molecular flexibility index (Phi) is 4.87. The molecule has 0 saturated heterocycles. The van der Waals surface area contributed by atoms with Crippen molar-refractivity contribution in [2.75, 3.05) is 6.61 Å². The highest BCUT2D eigenvalue weighted by Crippen LogP contribution is 2.41. The molecule has 0 atom stereocenters. The smallest absolute Gasteiger partial charge is 0.308 e. The second-order valence-corrected chi connectivity index (χ2v) is 7.29. The number of nitrogens with one attached hydrogen (secondary N) is 1. The van der Waals surface area contributed by atoms with E-state index in [9.17, 15) is 18.0 Å². The summed E-state index contributed by atoms with van der Waals surface area (Å²) in [4.78, 5) is 14.9. The van der Waals surface area contributed by atoms with Crippen molar-refractivity contribution in [2.45, 2.75) is 26.2 Å². The maximum absolute atomic E-state index is 14.3. The van der Waals surface area contributed by atoms with Crippen LogP contribution in [0.2, 0.25) is 0 Å². The summed E-state index contributed by atoms with van der Waals surface area (Å²) in [5, 5.41) is 0.483. The summed E-state index contributed by atoms with van der Waals surface area (Å²) >= 11 is 0. The lowest BCUT2D eigenvalue weighted by atomic mass is 9.71. The highest BCUT2D eigenvalue weighted by atomic mass is 19.1. The summed E-state index contributed by atoms with van der Waals surface area (Å²) in [6.45, 7) is 2.13. The highest BCUT2D eigenvalue weighted by Gasteiger charge is 2.36. The molecule has 4 rings (SSSR count). The van der Waals surface area contributed by atoms with Crippen molar-refractivity contribution in [1.29, 1.82) is 0 Å². The third-order valence-electron chi connectivity index (χ3n) is 5.41. The Morgan fingerprint density at radius 2 is 1.82 bits per heavy atom. The first-order valence-electron chi connectivity index (χ1n) is 9.38. The fourth-order valence-corrected chi connectivity index (χ4v) is 3.99. The summed E-state index contributed by atoms with van der Waals surface area (Å²) in [5.74, 6) is -1.75. The number of halogens is 3. The van der Waals surface area contributed by atoms with Crippen LogP contribution in [0.5, 0.6) is 0 Å². The quantitative estimate of drug-likeness (QED) is 0.597. The van der Waals surface area contributed by atoms with E-state index in [1.165, 1.54) is 18.2 Å². The molecule has 0 amide bonds. The minimum Gasteiger partial charge on any atom is -0.466 e. The van der Waals surface area contributed by atoms with Crippen LogP contribution in [0.25, 0.3) is 22.2 Å². The zero-order chi connectivity index (χ0) is 19.8. The number of hydrogen-bond acceptors (Lipinski definition) is 2. The van der Waals surface area contributed by atoms with E-state index in [0.717, 1.165) is 11.6 Å². The molecule has 1 N–H and O–H groups in total. The average Bonchev–Trinajstić information content (AvgIpc) is 2.97. The topological polar surface area (TPSA) is 42.1 Å². The van der Waals surface area contributed by atoms with Gasteiger partial charge in [0.05, 0.1) is 18.0 Å². The molecule has 6 heteroatoms. The van der Waals surface area contributed by atoms with Crippen LogP contribution < -0.4 is 0 Å². The normalized spacial score (nSPS) is 18.9. The molecule has 28 heavy (non-hydrogen) atoms. The lowest BCUT2D eigenvalue weighted by molar-refractivity contribution is -0.152. The minimum atomic E-state index is -0.664. The zero-order valence-electron chi connectivity index (χ0n) is 15.4. The van der Waals surface area contributed by atoms with Gasteiger partial charge >= 0.3 is 5.97 Å². The molecule has 0 bridgehead atoms. The molecular formula is C22H20F3NO2. The summed E-state index contributed by atoms with van der Waals surface area (Å²) < 4.78 is 46.5. The molecule has 3 aromatic rings. The van der Waals surface area contributed by atoms with Crippen molar-refractivity contribution < 1.29 is 22.7 Å². The Bertz CT molecular complexity index is 1020. The number of carbonyl (C=O) groups is 1. The Morgan fingerprint density at radius 1 is 1.11 bits per heavy atom. The largest absolute Gasteiger partial charge is 0.466 e. The molecule has 1 aliphatic carbocycles. The van der Waals surface area contributed by atoms with Crippen LogP contribution in [0, 0.1) is 29.3 Å². The van der Waals surface area contributed by atoms with Crippen molar-refractivity contribution in [3.05, 3.63) is 59.4 Å². The SMILES string of the molecule is CCOC(=O)C1CC(Cc2c(-c3ccc(F)cc3)[nH]c3c(F)cc(F)cc23)C1. The van der Waals surface area contributed by atoms with Crippen molar-refractivity contribution in [1.82, 2.24) is 4.98 Å². The number of benzene rings is 2. The van der Waals surface area contributed by atoms with Gasteiger partial charge in [0.25, 0.3) is 0 Å². The minimum absolute atomic E-state index is 0.113. The number of rotatable bonds is 5. The summed E-state index contributed by atoms with van der Waals surface area (Å²) in [7, 11) is 0. The van der Waals surface area contributed by atoms with E-state index in [1.54, 1.807) is 19.1 Å². The number of ether oxygens (including phenoxy) is 1. The van der Waals surface area contributed by atoms with Crippen LogP contribution in [-0.2, 0) is 16.0 Å².